The molecule has 0 rings (SSSR count). The zero-order chi connectivity index (χ0) is 8.91. The summed E-state index contributed by atoms with van der Waals surface area (Å²) in [6.07, 6.45) is 0.947. The lowest BCUT2D eigenvalue weighted by molar-refractivity contribution is -0.0204. The normalized spacial score (nSPS) is 15.0. The lowest BCUT2D eigenvalue weighted by Gasteiger charge is -2.25. The van der Waals surface area contributed by atoms with Gasteiger partial charge in [-0.2, -0.15) is 0 Å². The minimum Gasteiger partial charge on any atom is -0.393 e. The molecule has 0 unspecified atom stereocenters. The summed E-state index contributed by atoms with van der Waals surface area (Å²) in [5, 5.41) is 9.36. The number of hydrogen-bond donors (Lipinski definition) is 2. The average molecular weight is 161 g/mol. The first-order valence-electron chi connectivity index (χ1n) is 3.95. The van der Waals surface area contributed by atoms with E-state index in [9.17, 15) is 5.11 Å². The van der Waals surface area contributed by atoms with Crippen molar-refractivity contribution in [2.75, 3.05) is 13.7 Å². The molecule has 1 atom stereocenters. The molecule has 0 aromatic rings. The Hall–Kier alpha value is -0.120. The van der Waals surface area contributed by atoms with Crippen LogP contribution in [-0.2, 0) is 4.74 Å². The number of rotatable bonds is 5. The number of methoxy groups -OCH3 is 1. The molecule has 68 valence electrons. The first kappa shape index (κ1) is 10.9. The van der Waals surface area contributed by atoms with Crippen molar-refractivity contribution in [2.45, 2.75) is 38.4 Å². The highest BCUT2D eigenvalue weighted by molar-refractivity contribution is 4.72. The quantitative estimate of drug-likeness (QED) is 0.617. The summed E-state index contributed by atoms with van der Waals surface area (Å²) >= 11 is 0. The maximum absolute atomic E-state index is 9.36. The van der Waals surface area contributed by atoms with Crippen molar-refractivity contribution in [1.82, 2.24) is 0 Å². The van der Waals surface area contributed by atoms with Crippen LogP contribution in [0, 0.1) is 0 Å². The minimum absolute atomic E-state index is 0.241. The van der Waals surface area contributed by atoms with Crippen LogP contribution in [-0.4, -0.2) is 30.5 Å². The number of aliphatic hydroxyl groups excluding tert-OH is 1. The van der Waals surface area contributed by atoms with Crippen molar-refractivity contribution in [2.24, 2.45) is 5.73 Å². The van der Waals surface area contributed by atoms with E-state index >= 15 is 0 Å². The highest BCUT2D eigenvalue weighted by Crippen LogP contribution is 2.16. The second-order valence-electron chi connectivity index (χ2n) is 3.40. The standard InChI is InChI=1S/C8H19NO2/c1-8(2,11-3)6-7(10)4-5-9/h7,10H,4-6,9H2,1-3H3/t7-/m0/s1. The number of aliphatic hydroxyl groups is 1. The van der Waals surface area contributed by atoms with Gasteiger partial charge in [0.15, 0.2) is 0 Å². The average Bonchev–Trinajstić information content (AvgIpc) is 1.87. The molecule has 0 fully saturated rings. The first-order valence-corrected chi connectivity index (χ1v) is 3.95. The van der Waals surface area contributed by atoms with Crippen molar-refractivity contribution < 1.29 is 9.84 Å². The third-order valence-electron chi connectivity index (χ3n) is 1.78. The molecule has 0 saturated carbocycles. The zero-order valence-corrected chi connectivity index (χ0v) is 7.63. The van der Waals surface area contributed by atoms with E-state index in [0.29, 0.717) is 19.4 Å². The van der Waals surface area contributed by atoms with Gasteiger partial charge in [-0.15, -0.1) is 0 Å². The van der Waals surface area contributed by atoms with Gasteiger partial charge < -0.3 is 15.6 Å². The van der Waals surface area contributed by atoms with Gasteiger partial charge in [0.2, 0.25) is 0 Å². The van der Waals surface area contributed by atoms with Gasteiger partial charge in [-0.25, -0.2) is 0 Å². The summed E-state index contributed by atoms with van der Waals surface area (Å²) in [5.74, 6) is 0. The van der Waals surface area contributed by atoms with Crippen LogP contribution in [0.5, 0.6) is 0 Å². The Balaban J connectivity index is 3.64. The second-order valence-corrected chi connectivity index (χ2v) is 3.40. The Bertz CT molecular complexity index is 104. The molecular weight excluding hydrogens is 142 g/mol. The van der Waals surface area contributed by atoms with Gasteiger partial charge in [0.1, 0.15) is 0 Å². The largest absolute Gasteiger partial charge is 0.393 e. The summed E-state index contributed by atoms with van der Waals surface area (Å²) in [5.41, 5.74) is 5.05. The molecule has 0 aliphatic rings. The summed E-state index contributed by atoms with van der Waals surface area (Å²) in [6.45, 7) is 4.43. The molecule has 0 amide bonds. The van der Waals surface area contributed by atoms with Gasteiger partial charge in [-0.3, -0.25) is 0 Å². The van der Waals surface area contributed by atoms with E-state index in [2.05, 4.69) is 0 Å². The second kappa shape index (κ2) is 4.70. The molecule has 0 aromatic carbocycles. The van der Waals surface area contributed by atoms with Gasteiger partial charge >= 0.3 is 0 Å². The molecule has 0 radical (unpaired) electrons. The Morgan fingerprint density at radius 1 is 1.55 bits per heavy atom. The molecule has 0 bridgehead atoms. The van der Waals surface area contributed by atoms with Crippen LogP contribution in [0.3, 0.4) is 0 Å². The third kappa shape index (κ3) is 5.18. The van der Waals surface area contributed by atoms with Crippen LogP contribution in [0.15, 0.2) is 0 Å². The molecule has 11 heavy (non-hydrogen) atoms. The Labute approximate surface area is 68.5 Å². The lowest BCUT2D eigenvalue weighted by Crippen LogP contribution is -2.29. The fraction of sp³-hybridized carbons (Fsp3) is 1.00. The van der Waals surface area contributed by atoms with Gasteiger partial charge in [0.05, 0.1) is 11.7 Å². The highest BCUT2D eigenvalue weighted by Gasteiger charge is 2.20. The van der Waals surface area contributed by atoms with Crippen molar-refractivity contribution in [1.29, 1.82) is 0 Å². The molecule has 0 aromatic heterocycles. The number of hydrogen-bond acceptors (Lipinski definition) is 3. The van der Waals surface area contributed by atoms with E-state index in [1.54, 1.807) is 7.11 Å². The Morgan fingerprint density at radius 3 is 2.45 bits per heavy atom. The summed E-state index contributed by atoms with van der Waals surface area (Å²) in [6, 6.07) is 0. The van der Waals surface area contributed by atoms with Crippen molar-refractivity contribution >= 4 is 0 Å². The topological polar surface area (TPSA) is 55.5 Å². The molecular formula is C8H19NO2. The Morgan fingerprint density at radius 2 is 2.09 bits per heavy atom. The lowest BCUT2D eigenvalue weighted by atomic mass is 9.99. The predicted octanol–water partition coefficient (Wildman–Crippen LogP) is 0.511. The van der Waals surface area contributed by atoms with Crippen LogP contribution >= 0.6 is 0 Å². The van der Waals surface area contributed by atoms with E-state index in [-0.39, 0.29) is 11.7 Å². The Kier molecular flexibility index (Phi) is 4.65. The molecule has 3 nitrogen and oxygen atoms in total. The molecule has 0 heterocycles. The molecule has 0 aliphatic heterocycles. The maximum atomic E-state index is 9.36. The SMILES string of the molecule is COC(C)(C)C[C@@H](O)CCN. The monoisotopic (exact) mass is 161 g/mol. The molecule has 3 N–H and O–H groups in total. The van der Waals surface area contributed by atoms with Crippen LogP contribution in [0.2, 0.25) is 0 Å². The van der Waals surface area contributed by atoms with Crippen LogP contribution in [0.4, 0.5) is 0 Å². The summed E-state index contributed by atoms with van der Waals surface area (Å²) in [7, 11) is 1.65. The minimum atomic E-state index is -0.338. The van der Waals surface area contributed by atoms with E-state index < -0.39 is 0 Å². The van der Waals surface area contributed by atoms with Crippen LogP contribution in [0.1, 0.15) is 26.7 Å². The van der Waals surface area contributed by atoms with Crippen LogP contribution in [0.25, 0.3) is 0 Å². The van der Waals surface area contributed by atoms with Crippen molar-refractivity contribution in [3.63, 3.8) is 0 Å². The third-order valence-corrected chi connectivity index (χ3v) is 1.78. The number of ether oxygens (including phenoxy) is 1. The smallest absolute Gasteiger partial charge is 0.0647 e. The molecule has 0 saturated heterocycles. The molecule has 0 aliphatic carbocycles. The molecule has 3 heteroatoms. The number of nitrogens with two attached hydrogens (primary N) is 1. The maximum Gasteiger partial charge on any atom is 0.0647 e. The van der Waals surface area contributed by atoms with Gasteiger partial charge in [0.25, 0.3) is 0 Å². The first-order chi connectivity index (χ1) is 5.02. The van der Waals surface area contributed by atoms with Crippen molar-refractivity contribution in [3.8, 4) is 0 Å². The van der Waals surface area contributed by atoms with E-state index in [1.807, 2.05) is 13.8 Å². The summed E-state index contributed by atoms with van der Waals surface area (Å²) in [4.78, 5) is 0. The van der Waals surface area contributed by atoms with E-state index in [4.69, 9.17) is 10.5 Å². The van der Waals surface area contributed by atoms with E-state index in [0.717, 1.165) is 0 Å². The fourth-order valence-corrected chi connectivity index (χ4v) is 0.945. The van der Waals surface area contributed by atoms with Gasteiger partial charge in [0, 0.05) is 13.5 Å². The predicted molar refractivity (Wildman–Crippen MR) is 45.4 cm³/mol. The highest BCUT2D eigenvalue weighted by atomic mass is 16.5. The van der Waals surface area contributed by atoms with Gasteiger partial charge in [-0.1, -0.05) is 0 Å². The zero-order valence-electron chi connectivity index (χ0n) is 7.63. The summed E-state index contributed by atoms with van der Waals surface area (Å²) < 4.78 is 5.15. The van der Waals surface area contributed by atoms with E-state index in [1.165, 1.54) is 0 Å². The molecule has 0 spiro atoms. The van der Waals surface area contributed by atoms with Gasteiger partial charge in [-0.05, 0) is 26.8 Å². The van der Waals surface area contributed by atoms with Crippen molar-refractivity contribution in [3.05, 3.63) is 0 Å². The van der Waals surface area contributed by atoms with Crippen LogP contribution < -0.4 is 5.73 Å². The fourth-order valence-electron chi connectivity index (χ4n) is 0.945.